The third-order valence-corrected chi connectivity index (χ3v) is 2.74. The molecule has 7 heteroatoms. The Bertz CT molecular complexity index is 274. The first kappa shape index (κ1) is 15.3. The zero-order valence-electron chi connectivity index (χ0n) is 10.6. The van der Waals surface area contributed by atoms with Crippen LogP contribution in [0.15, 0.2) is 0 Å². The van der Waals surface area contributed by atoms with Gasteiger partial charge in [0.2, 0.25) is 5.91 Å². The van der Waals surface area contributed by atoms with Gasteiger partial charge in [0.05, 0.1) is 6.61 Å². The second-order valence-electron chi connectivity index (χ2n) is 4.30. The summed E-state index contributed by atoms with van der Waals surface area (Å²) in [5.74, 6) is -0.359. The van der Waals surface area contributed by atoms with Crippen molar-refractivity contribution in [2.45, 2.75) is 50.9 Å². The van der Waals surface area contributed by atoms with Crippen LogP contribution in [0.1, 0.15) is 20.3 Å². The molecular weight excluding hydrogens is 242 g/mol. The Kier molecular flexibility index (Phi) is 5.97. The fraction of sp³-hybridized carbons (Fsp3) is 0.909. The van der Waals surface area contributed by atoms with E-state index in [9.17, 15) is 15.0 Å². The fourth-order valence-electron chi connectivity index (χ4n) is 1.85. The third-order valence-electron chi connectivity index (χ3n) is 2.74. The summed E-state index contributed by atoms with van der Waals surface area (Å²) in [7, 11) is 0. The number of aliphatic hydroxyl groups excluding tert-OH is 3. The second kappa shape index (κ2) is 7.01. The fourth-order valence-corrected chi connectivity index (χ4v) is 1.85. The number of amides is 1. The first-order valence-electron chi connectivity index (χ1n) is 6.02. The predicted octanol–water partition coefficient (Wildman–Crippen LogP) is -1.64. The molecule has 0 radical (unpaired) electrons. The molecule has 1 aliphatic heterocycles. The third kappa shape index (κ3) is 3.63. The summed E-state index contributed by atoms with van der Waals surface area (Å²) in [5.41, 5.74) is 0. The lowest BCUT2D eigenvalue weighted by molar-refractivity contribution is -0.270. The van der Waals surface area contributed by atoms with Crippen LogP contribution in [-0.2, 0) is 14.3 Å². The number of rotatable bonds is 5. The molecule has 1 aliphatic rings. The zero-order valence-corrected chi connectivity index (χ0v) is 10.6. The number of hydrogen-bond donors (Lipinski definition) is 4. The number of carbonyl (C=O) groups excluding carboxylic acids is 1. The van der Waals surface area contributed by atoms with Gasteiger partial charge in [-0.25, -0.2) is 0 Å². The van der Waals surface area contributed by atoms with E-state index in [1.807, 2.05) is 6.92 Å². The summed E-state index contributed by atoms with van der Waals surface area (Å²) in [5, 5.41) is 31.2. The van der Waals surface area contributed by atoms with Gasteiger partial charge in [-0.05, 0) is 6.42 Å². The van der Waals surface area contributed by atoms with Gasteiger partial charge in [-0.2, -0.15) is 0 Å². The molecule has 0 bridgehead atoms. The van der Waals surface area contributed by atoms with Gasteiger partial charge in [0.1, 0.15) is 24.4 Å². The molecule has 1 fully saturated rings. The Balaban J connectivity index is 2.76. The summed E-state index contributed by atoms with van der Waals surface area (Å²) < 4.78 is 10.7. The maximum absolute atomic E-state index is 11.1. The van der Waals surface area contributed by atoms with Crippen LogP contribution >= 0.6 is 0 Å². The van der Waals surface area contributed by atoms with E-state index in [0.717, 1.165) is 6.42 Å². The van der Waals surface area contributed by atoms with Crippen LogP contribution in [0.5, 0.6) is 0 Å². The van der Waals surface area contributed by atoms with Crippen molar-refractivity contribution in [1.29, 1.82) is 0 Å². The van der Waals surface area contributed by atoms with Crippen molar-refractivity contribution in [3.63, 3.8) is 0 Å². The number of nitrogens with one attached hydrogen (secondary N) is 1. The predicted molar refractivity (Wildman–Crippen MR) is 61.6 cm³/mol. The van der Waals surface area contributed by atoms with E-state index in [-0.39, 0.29) is 5.91 Å². The van der Waals surface area contributed by atoms with Gasteiger partial charge in [-0.15, -0.1) is 0 Å². The van der Waals surface area contributed by atoms with Crippen LogP contribution in [0.2, 0.25) is 0 Å². The first-order valence-corrected chi connectivity index (χ1v) is 6.02. The molecule has 1 amide bonds. The Hall–Kier alpha value is -0.730. The lowest BCUT2D eigenvalue weighted by Crippen LogP contribution is -2.64. The smallest absolute Gasteiger partial charge is 0.217 e. The van der Waals surface area contributed by atoms with Crippen molar-refractivity contribution in [1.82, 2.24) is 5.32 Å². The zero-order chi connectivity index (χ0) is 13.7. The summed E-state index contributed by atoms with van der Waals surface area (Å²) in [6, 6.07) is -0.855. The molecule has 0 spiro atoms. The highest BCUT2D eigenvalue weighted by atomic mass is 16.7. The highest BCUT2D eigenvalue weighted by Gasteiger charge is 2.45. The maximum Gasteiger partial charge on any atom is 0.217 e. The van der Waals surface area contributed by atoms with E-state index >= 15 is 0 Å². The molecule has 0 unspecified atom stereocenters. The molecule has 0 aromatic rings. The average Bonchev–Trinajstić information content (AvgIpc) is 2.33. The molecule has 7 nitrogen and oxygen atoms in total. The molecule has 18 heavy (non-hydrogen) atoms. The largest absolute Gasteiger partial charge is 0.394 e. The first-order chi connectivity index (χ1) is 8.51. The van der Waals surface area contributed by atoms with Gasteiger partial charge in [0, 0.05) is 13.5 Å². The van der Waals surface area contributed by atoms with Crippen molar-refractivity contribution >= 4 is 5.91 Å². The van der Waals surface area contributed by atoms with Crippen LogP contribution in [0, 0.1) is 0 Å². The molecule has 0 aliphatic carbocycles. The van der Waals surface area contributed by atoms with Crippen LogP contribution in [0.3, 0.4) is 0 Å². The molecule has 1 rings (SSSR count). The Morgan fingerprint density at radius 3 is 2.56 bits per heavy atom. The topological polar surface area (TPSA) is 108 Å². The van der Waals surface area contributed by atoms with E-state index in [0.29, 0.717) is 6.61 Å². The number of ether oxygens (including phenoxy) is 2. The number of aliphatic hydroxyl groups is 3. The van der Waals surface area contributed by atoms with E-state index in [4.69, 9.17) is 14.6 Å². The van der Waals surface area contributed by atoms with Crippen LogP contribution < -0.4 is 5.32 Å². The monoisotopic (exact) mass is 263 g/mol. The van der Waals surface area contributed by atoms with Crippen LogP contribution in [0.25, 0.3) is 0 Å². The van der Waals surface area contributed by atoms with Crippen molar-refractivity contribution < 1.29 is 29.6 Å². The van der Waals surface area contributed by atoms with Crippen molar-refractivity contribution in [2.24, 2.45) is 0 Å². The Morgan fingerprint density at radius 2 is 2.06 bits per heavy atom. The van der Waals surface area contributed by atoms with Crippen molar-refractivity contribution in [2.75, 3.05) is 13.2 Å². The van der Waals surface area contributed by atoms with Crippen LogP contribution in [-0.4, -0.2) is 65.1 Å². The quantitative estimate of drug-likeness (QED) is 0.473. The molecule has 106 valence electrons. The molecular formula is C11H21NO6. The molecule has 0 saturated carbocycles. The van der Waals surface area contributed by atoms with Gasteiger partial charge in [0.25, 0.3) is 0 Å². The molecule has 0 aromatic carbocycles. The Morgan fingerprint density at radius 1 is 1.39 bits per heavy atom. The summed E-state index contributed by atoms with van der Waals surface area (Å²) in [6.07, 6.45) is -3.58. The number of carbonyl (C=O) groups is 1. The normalized spacial score (nSPS) is 36.4. The minimum Gasteiger partial charge on any atom is -0.394 e. The minimum atomic E-state index is -1.27. The van der Waals surface area contributed by atoms with Gasteiger partial charge in [-0.3, -0.25) is 4.79 Å². The van der Waals surface area contributed by atoms with E-state index in [2.05, 4.69) is 5.32 Å². The van der Waals surface area contributed by atoms with E-state index in [1.165, 1.54) is 6.92 Å². The second-order valence-corrected chi connectivity index (χ2v) is 4.30. The van der Waals surface area contributed by atoms with E-state index in [1.54, 1.807) is 0 Å². The number of hydrogen-bond acceptors (Lipinski definition) is 6. The molecule has 4 N–H and O–H groups in total. The lowest BCUT2D eigenvalue weighted by atomic mass is 9.97. The van der Waals surface area contributed by atoms with Crippen molar-refractivity contribution in [3.05, 3.63) is 0 Å². The standard InChI is InChI=1S/C11H21NO6/c1-3-4-17-11-8(12-6(2)14)10(16)9(15)7(5-13)18-11/h7-11,13,15-16H,3-5H2,1-2H3,(H,12,14)/t7-,8-,9-,10-,11-/m1/s1. The summed E-state index contributed by atoms with van der Waals surface area (Å²) >= 11 is 0. The molecule has 0 aromatic heterocycles. The Labute approximate surface area is 106 Å². The maximum atomic E-state index is 11.1. The van der Waals surface area contributed by atoms with Crippen molar-refractivity contribution in [3.8, 4) is 0 Å². The summed E-state index contributed by atoms with van der Waals surface area (Å²) in [6.45, 7) is 3.16. The SMILES string of the molecule is CCCO[C@@H]1O[C@H](CO)[C@@H](O)[C@H](O)[C@H]1NC(C)=O. The van der Waals surface area contributed by atoms with Gasteiger partial charge >= 0.3 is 0 Å². The van der Waals surface area contributed by atoms with Crippen LogP contribution in [0.4, 0.5) is 0 Å². The lowest BCUT2D eigenvalue weighted by Gasteiger charge is -2.42. The average molecular weight is 263 g/mol. The van der Waals surface area contributed by atoms with Gasteiger partial charge in [0.15, 0.2) is 6.29 Å². The highest BCUT2D eigenvalue weighted by molar-refractivity contribution is 5.73. The van der Waals surface area contributed by atoms with Gasteiger partial charge in [-0.1, -0.05) is 6.92 Å². The molecule has 5 atom stereocenters. The summed E-state index contributed by atoms with van der Waals surface area (Å²) in [4.78, 5) is 11.1. The van der Waals surface area contributed by atoms with Gasteiger partial charge < -0.3 is 30.1 Å². The molecule has 1 saturated heterocycles. The minimum absolute atomic E-state index is 0.359. The molecule has 1 heterocycles. The highest BCUT2D eigenvalue weighted by Crippen LogP contribution is 2.22. The van der Waals surface area contributed by atoms with E-state index < -0.39 is 37.3 Å².